The van der Waals surface area contributed by atoms with Crippen molar-refractivity contribution < 1.29 is 31.5 Å². The molecule has 21 heavy (non-hydrogen) atoms. The summed E-state index contributed by atoms with van der Waals surface area (Å²) in [6, 6.07) is 0. The molecule has 0 bridgehead atoms. The highest BCUT2D eigenvalue weighted by Gasteiger charge is 2.26. The molecule has 118 valence electrons. The standard InChI is InChI=1S/C13H14F5NO2/c1-3-19(5-4-8(20)21-2)6-7-9(14)11(16)13(18)12(17)10(7)15/h3-6H2,1-2H3. The van der Waals surface area contributed by atoms with Gasteiger partial charge in [0.25, 0.3) is 0 Å². The van der Waals surface area contributed by atoms with Gasteiger partial charge in [-0.05, 0) is 6.54 Å². The van der Waals surface area contributed by atoms with Crippen LogP contribution in [0.2, 0.25) is 0 Å². The van der Waals surface area contributed by atoms with Crippen molar-refractivity contribution in [1.82, 2.24) is 4.90 Å². The fourth-order valence-corrected chi connectivity index (χ4v) is 1.71. The largest absolute Gasteiger partial charge is 0.469 e. The lowest BCUT2D eigenvalue weighted by atomic mass is 10.1. The Kier molecular flexibility index (Phi) is 6.07. The summed E-state index contributed by atoms with van der Waals surface area (Å²) in [5.41, 5.74) is -0.918. The van der Waals surface area contributed by atoms with Gasteiger partial charge < -0.3 is 4.74 Å². The van der Waals surface area contributed by atoms with Crippen molar-refractivity contribution in [2.75, 3.05) is 20.2 Å². The quantitative estimate of drug-likeness (QED) is 0.350. The van der Waals surface area contributed by atoms with Crippen LogP contribution in [-0.4, -0.2) is 31.1 Å². The molecule has 8 heteroatoms. The number of carbonyl (C=O) groups is 1. The summed E-state index contributed by atoms with van der Waals surface area (Å²) in [5, 5.41) is 0. The molecule has 1 aromatic carbocycles. The van der Waals surface area contributed by atoms with Gasteiger partial charge in [-0.1, -0.05) is 6.92 Å². The van der Waals surface area contributed by atoms with E-state index in [0.29, 0.717) is 0 Å². The van der Waals surface area contributed by atoms with Crippen molar-refractivity contribution in [1.29, 1.82) is 0 Å². The van der Waals surface area contributed by atoms with Crippen LogP contribution in [0, 0.1) is 29.1 Å². The third-order valence-corrected chi connectivity index (χ3v) is 2.99. The van der Waals surface area contributed by atoms with Crippen molar-refractivity contribution in [2.45, 2.75) is 19.9 Å². The molecule has 0 heterocycles. The topological polar surface area (TPSA) is 29.5 Å². The fourth-order valence-electron chi connectivity index (χ4n) is 1.71. The third-order valence-electron chi connectivity index (χ3n) is 2.99. The van der Waals surface area contributed by atoms with Crippen molar-refractivity contribution in [3.8, 4) is 0 Å². The normalized spacial score (nSPS) is 11.0. The van der Waals surface area contributed by atoms with E-state index in [-0.39, 0.29) is 19.5 Å². The summed E-state index contributed by atoms with van der Waals surface area (Å²) in [4.78, 5) is 12.4. The predicted octanol–water partition coefficient (Wildman–Crippen LogP) is 2.77. The van der Waals surface area contributed by atoms with Crippen LogP contribution < -0.4 is 0 Å². The monoisotopic (exact) mass is 311 g/mol. The maximum Gasteiger partial charge on any atom is 0.306 e. The van der Waals surface area contributed by atoms with E-state index in [1.54, 1.807) is 6.92 Å². The van der Waals surface area contributed by atoms with Gasteiger partial charge >= 0.3 is 5.97 Å². The highest BCUT2D eigenvalue weighted by Crippen LogP contribution is 2.24. The van der Waals surface area contributed by atoms with Crippen LogP contribution in [-0.2, 0) is 16.1 Å². The molecule has 0 saturated carbocycles. The summed E-state index contributed by atoms with van der Waals surface area (Å²) in [6.07, 6.45) is -0.0558. The minimum atomic E-state index is -2.19. The van der Waals surface area contributed by atoms with Crippen molar-refractivity contribution in [3.05, 3.63) is 34.6 Å². The van der Waals surface area contributed by atoms with Crippen molar-refractivity contribution in [3.63, 3.8) is 0 Å². The number of hydrogen-bond donors (Lipinski definition) is 0. The first-order valence-corrected chi connectivity index (χ1v) is 6.12. The first-order chi connectivity index (χ1) is 9.83. The zero-order chi connectivity index (χ0) is 16.2. The number of benzene rings is 1. The zero-order valence-electron chi connectivity index (χ0n) is 11.5. The van der Waals surface area contributed by atoms with Gasteiger partial charge in [-0.25, -0.2) is 22.0 Å². The van der Waals surface area contributed by atoms with E-state index >= 15 is 0 Å². The molecule has 1 rings (SSSR count). The lowest BCUT2D eigenvalue weighted by Crippen LogP contribution is -2.27. The van der Waals surface area contributed by atoms with Crippen molar-refractivity contribution >= 4 is 5.97 Å². The van der Waals surface area contributed by atoms with Crippen LogP contribution in [0.4, 0.5) is 22.0 Å². The SMILES string of the molecule is CCN(CCC(=O)OC)Cc1c(F)c(F)c(F)c(F)c1F. The van der Waals surface area contributed by atoms with E-state index in [4.69, 9.17) is 0 Å². The number of rotatable bonds is 6. The minimum absolute atomic E-state index is 0.0558. The van der Waals surface area contributed by atoms with Gasteiger partial charge in [-0.3, -0.25) is 9.69 Å². The van der Waals surface area contributed by atoms with Crippen LogP contribution >= 0.6 is 0 Å². The van der Waals surface area contributed by atoms with Crippen LogP contribution in [0.1, 0.15) is 18.9 Å². The summed E-state index contributed by atoms with van der Waals surface area (Å²) >= 11 is 0. The van der Waals surface area contributed by atoms with Gasteiger partial charge in [0, 0.05) is 18.7 Å². The summed E-state index contributed by atoms with van der Waals surface area (Å²) in [7, 11) is 1.18. The molecule has 0 aromatic heterocycles. The average Bonchev–Trinajstić information content (AvgIpc) is 2.50. The predicted molar refractivity (Wildman–Crippen MR) is 63.8 cm³/mol. The molecule has 0 saturated heterocycles. The smallest absolute Gasteiger partial charge is 0.306 e. The molecule has 0 radical (unpaired) electrons. The lowest BCUT2D eigenvalue weighted by molar-refractivity contribution is -0.141. The van der Waals surface area contributed by atoms with E-state index in [2.05, 4.69) is 4.74 Å². The second kappa shape index (κ2) is 7.35. The molecule has 0 spiro atoms. The Hall–Kier alpha value is -1.70. The zero-order valence-corrected chi connectivity index (χ0v) is 11.5. The molecule has 1 aromatic rings. The first kappa shape index (κ1) is 17.4. The first-order valence-electron chi connectivity index (χ1n) is 6.12. The van der Waals surface area contributed by atoms with E-state index in [1.165, 1.54) is 12.0 Å². The Morgan fingerprint density at radius 2 is 1.48 bits per heavy atom. The molecule has 0 N–H and O–H groups in total. The average molecular weight is 311 g/mol. The highest BCUT2D eigenvalue weighted by atomic mass is 19.2. The van der Waals surface area contributed by atoms with Gasteiger partial charge in [-0.15, -0.1) is 0 Å². The second-order valence-corrected chi connectivity index (χ2v) is 4.24. The van der Waals surface area contributed by atoms with Gasteiger partial charge in [0.05, 0.1) is 13.5 Å². The van der Waals surface area contributed by atoms with Gasteiger partial charge in [0.2, 0.25) is 5.82 Å². The van der Waals surface area contributed by atoms with Gasteiger partial charge in [-0.2, -0.15) is 0 Å². The number of halogens is 5. The number of esters is 1. The lowest BCUT2D eigenvalue weighted by Gasteiger charge is -2.20. The minimum Gasteiger partial charge on any atom is -0.469 e. The van der Waals surface area contributed by atoms with E-state index in [0.717, 1.165) is 0 Å². The molecular formula is C13H14F5NO2. The number of carbonyl (C=O) groups excluding carboxylic acids is 1. The fraction of sp³-hybridized carbons (Fsp3) is 0.462. The summed E-state index contributed by atoms with van der Waals surface area (Å²) in [6.45, 7) is 1.46. The molecule has 0 aliphatic carbocycles. The molecule has 0 aliphatic heterocycles. The number of hydrogen-bond acceptors (Lipinski definition) is 3. The summed E-state index contributed by atoms with van der Waals surface area (Å²) < 4.78 is 70.5. The molecule has 3 nitrogen and oxygen atoms in total. The number of ether oxygens (including phenoxy) is 1. The number of methoxy groups -OCH3 is 1. The maximum atomic E-state index is 13.5. The van der Waals surface area contributed by atoms with E-state index in [1.807, 2.05) is 0 Å². The van der Waals surface area contributed by atoms with E-state index in [9.17, 15) is 26.7 Å². The molecule has 0 amide bonds. The Morgan fingerprint density at radius 3 is 1.90 bits per heavy atom. The van der Waals surface area contributed by atoms with Gasteiger partial charge in [0.15, 0.2) is 23.3 Å². The molecule has 0 aliphatic rings. The van der Waals surface area contributed by atoms with E-state index < -0.39 is 47.2 Å². The third kappa shape index (κ3) is 3.90. The van der Waals surface area contributed by atoms with Crippen LogP contribution in [0.25, 0.3) is 0 Å². The molecule has 0 atom stereocenters. The van der Waals surface area contributed by atoms with Crippen LogP contribution in [0.3, 0.4) is 0 Å². The Labute approximate surface area is 118 Å². The highest BCUT2D eigenvalue weighted by molar-refractivity contribution is 5.69. The molecular weight excluding hydrogens is 297 g/mol. The van der Waals surface area contributed by atoms with Crippen LogP contribution in [0.15, 0.2) is 0 Å². The Bertz CT molecular complexity index is 507. The Morgan fingerprint density at radius 1 is 1.00 bits per heavy atom. The maximum absolute atomic E-state index is 13.5. The van der Waals surface area contributed by atoms with Crippen LogP contribution in [0.5, 0.6) is 0 Å². The summed E-state index contributed by atoms with van der Waals surface area (Å²) in [5.74, 6) is -10.4. The Balaban J connectivity index is 2.98. The van der Waals surface area contributed by atoms with Crippen molar-refractivity contribution in [2.24, 2.45) is 0 Å². The molecule has 0 fully saturated rings. The van der Waals surface area contributed by atoms with Gasteiger partial charge in [0.1, 0.15) is 0 Å². The second-order valence-electron chi connectivity index (χ2n) is 4.24. The molecule has 0 unspecified atom stereocenters. The number of nitrogens with zero attached hydrogens (tertiary/aromatic N) is 1.